The van der Waals surface area contributed by atoms with Gasteiger partial charge in [-0.1, -0.05) is 26.0 Å². The summed E-state index contributed by atoms with van der Waals surface area (Å²) in [6.45, 7) is 11.2. The fourth-order valence-corrected chi connectivity index (χ4v) is 3.16. The molecule has 0 aliphatic carbocycles. The van der Waals surface area contributed by atoms with Gasteiger partial charge in [-0.15, -0.1) is 0 Å². The van der Waals surface area contributed by atoms with Gasteiger partial charge in [-0.2, -0.15) is 0 Å². The Morgan fingerprint density at radius 3 is 2.86 bits per heavy atom. The van der Waals surface area contributed by atoms with E-state index in [2.05, 4.69) is 49.2 Å². The number of likely N-dealkylation sites (tertiary alicyclic amines) is 1. The van der Waals surface area contributed by atoms with Crippen LogP contribution in [-0.4, -0.2) is 37.7 Å². The van der Waals surface area contributed by atoms with Gasteiger partial charge in [0, 0.05) is 19.1 Å². The molecule has 0 saturated carbocycles. The first-order chi connectivity index (χ1) is 10.1. The molecular weight excluding hydrogens is 260 g/mol. The summed E-state index contributed by atoms with van der Waals surface area (Å²) < 4.78 is 5.34. The first-order valence-corrected chi connectivity index (χ1v) is 8.17. The lowest BCUT2D eigenvalue weighted by Crippen LogP contribution is -2.40. The molecule has 0 radical (unpaired) electrons. The predicted octanol–water partition coefficient (Wildman–Crippen LogP) is 3.21. The van der Waals surface area contributed by atoms with Gasteiger partial charge < -0.3 is 10.1 Å². The number of methoxy groups -OCH3 is 1. The molecule has 0 bridgehead atoms. The highest BCUT2D eigenvalue weighted by Crippen LogP contribution is 2.22. The van der Waals surface area contributed by atoms with Crippen LogP contribution in [0.25, 0.3) is 0 Å². The number of nitrogens with zero attached hydrogens (tertiary/aromatic N) is 1. The first-order valence-electron chi connectivity index (χ1n) is 8.17. The van der Waals surface area contributed by atoms with Crippen LogP contribution >= 0.6 is 0 Å². The van der Waals surface area contributed by atoms with Crippen molar-refractivity contribution in [2.75, 3.05) is 26.7 Å². The monoisotopic (exact) mass is 290 g/mol. The van der Waals surface area contributed by atoms with Crippen LogP contribution in [0.15, 0.2) is 18.2 Å². The second kappa shape index (κ2) is 7.81. The number of aryl methyl sites for hydroxylation is 1. The predicted molar refractivity (Wildman–Crippen MR) is 88.9 cm³/mol. The summed E-state index contributed by atoms with van der Waals surface area (Å²) in [7, 11) is 1.74. The molecule has 1 unspecified atom stereocenters. The highest BCUT2D eigenvalue weighted by molar-refractivity contribution is 5.36. The number of piperidine rings is 1. The van der Waals surface area contributed by atoms with Crippen LogP contribution in [0.4, 0.5) is 0 Å². The van der Waals surface area contributed by atoms with Crippen molar-refractivity contribution in [3.05, 3.63) is 29.3 Å². The summed E-state index contributed by atoms with van der Waals surface area (Å²) in [5.41, 5.74) is 2.62. The van der Waals surface area contributed by atoms with Crippen molar-refractivity contribution in [3.8, 4) is 5.75 Å². The molecular formula is C18H30N2O. The normalized spacial score (nSPS) is 20.0. The molecule has 0 aromatic heterocycles. The summed E-state index contributed by atoms with van der Waals surface area (Å²) in [5, 5.41) is 3.58. The lowest BCUT2D eigenvalue weighted by atomic mass is 9.97. The Balaban J connectivity index is 1.88. The number of hydrogen-bond donors (Lipinski definition) is 1. The topological polar surface area (TPSA) is 24.5 Å². The second-order valence-electron chi connectivity index (χ2n) is 6.61. The Bertz CT molecular complexity index is 445. The van der Waals surface area contributed by atoms with E-state index in [1.807, 2.05) is 0 Å². The Kier molecular flexibility index (Phi) is 6.07. The molecule has 1 aromatic rings. The standard InChI is InChI=1S/C18H30N2O/c1-14(2)19-11-17-6-5-9-20(13-17)12-16-7-8-18(21-4)15(3)10-16/h7-8,10,14,17,19H,5-6,9,11-13H2,1-4H3. The van der Waals surface area contributed by atoms with Crippen LogP contribution in [0.5, 0.6) is 5.75 Å². The number of benzene rings is 1. The van der Waals surface area contributed by atoms with E-state index >= 15 is 0 Å². The van der Waals surface area contributed by atoms with Crippen LogP contribution < -0.4 is 10.1 Å². The summed E-state index contributed by atoms with van der Waals surface area (Å²) in [4.78, 5) is 2.59. The van der Waals surface area contributed by atoms with Gasteiger partial charge in [0.1, 0.15) is 5.75 Å². The van der Waals surface area contributed by atoms with Crippen LogP contribution in [0.3, 0.4) is 0 Å². The maximum absolute atomic E-state index is 5.34. The highest BCUT2D eigenvalue weighted by Gasteiger charge is 2.20. The molecule has 1 fully saturated rings. The van der Waals surface area contributed by atoms with E-state index in [9.17, 15) is 0 Å². The Morgan fingerprint density at radius 1 is 1.38 bits per heavy atom. The maximum atomic E-state index is 5.34. The smallest absolute Gasteiger partial charge is 0.121 e. The molecule has 1 aliphatic heterocycles. The van der Waals surface area contributed by atoms with Crippen LogP contribution in [-0.2, 0) is 6.54 Å². The number of rotatable bonds is 6. The molecule has 3 nitrogen and oxygen atoms in total. The van der Waals surface area contributed by atoms with Gasteiger partial charge in [-0.25, -0.2) is 0 Å². The lowest BCUT2D eigenvalue weighted by molar-refractivity contribution is 0.164. The number of hydrogen-bond acceptors (Lipinski definition) is 3. The Hall–Kier alpha value is -1.06. The van der Waals surface area contributed by atoms with Crippen LogP contribution in [0.2, 0.25) is 0 Å². The average molecular weight is 290 g/mol. The molecule has 118 valence electrons. The largest absolute Gasteiger partial charge is 0.496 e. The van der Waals surface area contributed by atoms with Gasteiger partial charge in [-0.3, -0.25) is 4.90 Å². The summed E-state index contributed by atoms with van der Waals surface area (Å²) in [5.74, 6) is 1.77. The highest BCUT2D eigenvalue weighted by atomic mass is 16.5. The van der Waals surface area contributed by atoms with E-state index in [1.165, 1.54) is 37.1 Å². The SMILES string of the molecule is COc1ccc(CN2CCCC(CNC(C)C)C2)cc1C. The molecule has 1 saturated heterocycles. The van der Waals surface area contributed by atoms with E-state index in [4.69, 9.17) is 4.74 Å². The Labute approximate surface area is 129 Å². The summed E-state index contributed by atoms with van der Waals surface area (Å²) >= 11 is 0. The van der Waals surface area contributed by atoms with E-state index in [0.717, 1.165) is 24.8 Å². The van der Waals surface area contributed by atoms with Crippen molar-refractivity contribution in [1.29, 1.82) is 0 Å². The van der Waals surface area contributed by atoms with Gasteiger partial charge >= 0.3 is 0 Å². The molecule has 1 heterocycles. The first kappa shape index (κ1) is 16.3. The summed E-state index contributed by atoms with van der Waals surface area (Å²) in [6.07, 6.45) is 2.68. The average Bonchev–Trinajstić information content (AvgIpc) is 2.46. The van der Waals surface area contributed by atoms with Gasteiger partial charge in [0.25, 0.3) is 0 Å². The summed E-state index contributed by atoms with van der Waals surface area (Å²) in [6, 6.07) is 7.13. The fourth-order valence-electron chi connectivity index (χ4n) is 3.16. The third kappa shape index (κ3) is 5.01. The second-order valence-corrected chi connectivity index (χ2v) is 6.61. The van der Waals surface area contributed by atoms with Crippen LogP contribution in [0, 0.1) is 12.8 Å². The van der Waals surface area contributed by atoms with Crippen molar-refractivity contribution in [1.82, 2.24) is 10.2 Å². The van der Waals surface area contributed by atoms with Gasteiger partial charge in [0.05, 0.1) is 7.11 Å². The van der Waals surface area contributed by atoms with Gasteiger partial charge in [0.15, 0.2) is 0 Å². The van der Waals surface area contributed by atoms with Crippen molar-refractivity contribution < 1.29 is 4.74 Å². The third-order valence-corrected chi connectivity index (χ3v) is 4.28. The maximum Gasteiger partial charge on any atom is 0.121 e. The van der Waals surface area contributed by atoms with Crippen molar-refractivity contribution in [3.63, 3.8) is 0 Å². The molecule has 0 amide bonds. The fraction of sp³-hybridized carbons (Fsp3) is 0.667. The number of nitrogens with one attached hydrogen (secondary N) is 1. The van der Waals surface area contributed by atoms with E-state index in [-0.39, 0.29) is 0 Å². The zero-order valence-corrected chi connectivity index (χ0v) is 14.0. The minimum absolute atomic E-state index is 0.588. The molecule has 2 rings (SSSR count). The Morgan fingerprint density at radius 2 is 2.19 bits per heavy atom. The van der Waals surface area contributed by atoms with E-state index in [0.29, 0.717) is 6.04 Å². The van der Waals surface area contributed by atoms with Crippen molar-refractivity contribution >= 4 is 0 Å². The minimum Gasteiger partial charge on any atom is -0.496 e. The van der Waals surface area contributed by atoms with Gasteiger partial charge in [-0.05, 0) is 56.0 Å². The van der Waals surface area contributed by atoms with Gasteiger partial charge in [0.2, 0.25) is 0 Å². The molecule has 1 N–H and O–H groups in total. The molecule has 1 aromatic carbocycles. The zero-order valence-electron chi connectivity index (χ0n) is 14.0. The van der Waals surface area contributed by atoms with E-state index < -0.39 is 0 Å². The molecule has 21 heavy (non-hydrogen) atoms. The molecule has 3 heteroatoms. The molecule has 1 atom stereocenters. The quantitative estimate of drug-likeness (QED) is 0.870. The van der Waals surface area contributed by atoms with Crippen molar-refractivity contribution in [2.45, 2.75) is 46.2 Å². The molecule has 1 aliphatic rings. The molecule has 0 spiro atoms. The third-order valence-electron chi connectivity index (χ3n) is 4.28. The van der Waals surface area contributed by atoms with Crippen molar-refractivity contribution in [2.24, 2.45) is 5.92 Å². The van der Waals surface area contributed by atoms with Crippen LogP contribution in [0.1, 0.15) is 37.8 Å². The van der Waals surface area contributed by atoms with E-state index in [1.54, 1.807) is 7.11 Å². The number of ether oxygens (including phenoxy) is 1. The zero-order chi connectivity index (χ0) is 15.2. The lowest BCUT2D eigenvalue weighted by Gasteiger charge is -2.33. The minimum atomic E-state index is 0.588.